The molecule has 1 saturated heterocycles. The maximum absolute atomic E-state index is 12.2. The van der Waals surface area contributed by atoms with Crippen LogP contribution >= 0.6 is 0 Å². The highest BCUT2D eigenvalue weighted by atomic mass is 16.2. The molecule has 1 aliphatic rings. The fourth-order valence-electron chi connectivity index (χ4n) is 3.12. The molecule has 0 aliphatic carbocycles. The summed E-state index contributed by atoms with van der Waals surface area (Å²) >= 11 is 0. The van der Waals surface area contributed by atoms with Crippen LogP contribution in [0.2, 0.25) is 0 Å². The Morgan fingerprint density at radius 3 is 2.76 bits per heavy atom. The summed E-state index contributed by atoms with van der Waals surface area (Å²) in [5, 5.41) is 0. The summed E-state index contributed by atoms with van der Waals surface area (Å²) < 4.78 is 0. The number of carbonyl (C=O) groups excluding carboxylic acids is 1. The lowest BCUT2D eigenvalue weighted by atomic mass is 9.97. The van der Waals surface area contributed by atoms with E-state index in [1.165, 1.54) is 12.8 Å². The predicted molar refractivity (Wildman–Crippen MR) is 84.7 cm³/mol. The number of amides is 1. The van der Waals surface area contributed by atoms with E-state index < -0.39 is 0 Å². The van der Waals surface area contributed by atoms with E-state index in [9.17, 15) is 4.79 Å². The number of hydrogen-bond donors (Lipinski definition) is 2. The van der Waals surface area contributed by atoms with E-state index in [1.54, 1.807) is 0 Å². The van der Waals surface area contributed by atoms with Crippen LogP contribution in [0, 0.1) is 0 Å². The van der Waals surface area contributed by atoms with Gasteiger partial charge in [-0.25, -0.2) is 5.84 Å². The average Bonchev–Trinajstić information content (AvgIpc) is 2.91. The molecule has 21 heavy (non-hydrogen) atoms. The van der Waals surface area contributed by atoms with E-state index in [1.807, 2.05) is 30.3 Å². The first-order valence-electron chi connectivity index (χ1n) is 7.56. The van der Waals surface area contributed by atoms with Crippen LogP contribution in [0.25, 0.3) is 0 Å². The van der Waals surface area contributed by atoms with E-state index in [4.69, 9.17) is 5.84 Å². The van der Waals surface area contributed by atoms with Crippen LogP contribution in [0.3, 0.4) is 0 Å². The van der Waals surface area contributed by atoms with Gasteiger partial charge in [-0.1, -0.05) is 30.3 Å². The van der Waals surface area contributed by atoms with Crippen LogP contribution in [0.4, 0.5) is 0 Å². The first-order chi connectivity index (χ1) is 10.1. The van der Waals surface area contributed by atoms with E-state index in [0.717, 1.165) is 25.2 Å². The Bertz CT molecular complexity index is 449. The third-order valence-corrected chi connectivity index (χ3v) is 4.15. The van der Waals surface area contributed by atoms with Crippen molar-refractivity contribution < 1.29 is 4.79 Å². The Balaban J connectivity index is 2.10. The minimum absolute atomic E-state index is 0.114. The van der Waals surface area contributed by atoms with Crippen molar-refractivity contribution in [2.45, 2.75) is 24.8 Å². The molecule has 1 aliphatic heterocycles. The molecule has 5 nitrogen and oxygen atoms in total. The molecule has 2 unspecified atom stereocenters. The number of carbonyl (C=O) groups is 1. The fourth-order valence-corrected chi connectivity index (χ4v) is 3.12. The van der Waals surface area contributed by atoms with Gasteiger partial charge in [0.15, 0.2) is 0 Å². The Kier molecular flexibility index (Phi) is 5.73. The number of likely N-dealkylation sites (N-methyl/N-ethyl adjacent to an activating group) is 1. The molecule has 1 heterocycles. The van der Waals surface area contributed by atoms with Gasteiger partial charge in [0, 0.05) is 19.1 Å². The molecular weight excluding hydrogens is 264 g/mol. The quantitative estimate of drug-likeness (QED) is 0.462. The minimum Gasteiger partial charge on any atom is -0.308 e. The van der Waals surface area contributed by atoms with E-state index in [2.05, 4.69) is 29.3 Å². The number of nitrogens with one attached hydrogen (secondary N) is 1. The van der Waals surface area contributed by atoms with Gasteiger partial charge in [0.2, 0.25) is 5.91 Å². The topological polar surface area (TPSA) is 61.6 Å². The summed E-state index contributed by atoms with van der Waals surface area (Å²) in [6, 6.07) is 10.4. The summed E-state index contributed by atoms with van der Waals surface area (Å²) in [6.45, 7) is 2.82. The molecule has 0 aromatic heterocycles. The molecule has 2 atom stereocenters. The molecule has 1 fully saturated rings. The first kappa shape index (κ1) is 15.9. The summed E-state index contributed by atoms with van der Waals surface area (Å²) in [7, 11) is 4.19. The lowest BCUT2D eigenvalue weighted by Gasteiger charge is -2.30. The second kappa shape index (κ2) is 7.54. The number of likely N-dealkylation sites (tertiary alicyclic amines) is 1. The molecule has 1 aromatic rings. The highest BCUT2D eigenvalue weighted by Crippen LogP contribution is 2.24. The third-order valence-electron chi connectivity index (χ3n) is 4.15. The number of hydrazine groups is 1. The fraction of sp³-hybridized carbons (Fsp3) is 0.562. The van der Waals surface area contributed by atoms with Crippen LogP contribution in [-0.4, -0.2) is 55.5 Å². The number of hydrogen-bond acceptors (Lipinski definition) is 4. The zero-order valence-corrected chi connectivity index (χ0v) is 13.0. The number of benzene rings is 1. The summed E-state index contributed by atoms with van der Waals surface area (Å²) in [6.07, 6.45) is 2.40. The van der Waals surface area contributed by atoms with Crippen molar-refractivity contribution in [1.82, 2.24) is 15.2 Å². The highest BCUT2D eigenvalue weighted by Gasteiger charge is 2.30. The van der Waals surface area contributed by atoms with E-state index in [0.29, 0.717) is 6.04 Å². The molecule has 0 spiro atoms. The van der Waals surface area contributed by atoms with Gasteiger partial charge in [-0.15, -0.1) is 0 Å². The van der Waals surface area contributed by atoms with Crippen molar-refractivity contribution in [1.29, 1.82) is 0 Å². The normalized spacial score (nSPS) is 20.7. The van der Waals surface area contributed by atoms with Crippen LogP contribution in [0.1, 0.15) is 24.3 Å². The monoisotopic (exact) mass is 290 g/mol. The lowest BCUT2D eigenvalue weighted by molar-refractivity contribution is -0.123. The SMILES string of the molecule is CN(C)CC1CCCN1CC(C(=O)NN)c1ccccc1. The van der Waals surface area contributed by atoms with Crippen LogP contribution in [-0.2, 0) is 4.79 Å². The molecule has 5 heteroatoms. The molecule has 0 radical (unpaired) electrons. The van der Waals surface area contributed by atoms with Gasteiger partial charge in [0.25, 0.3) is 0 Å². The van der Waals surface area contributed by atoms with Crippen LogP contribution in [0.5, 0.6) is 0 Å². The summed E-state index contributed by atoms with van der Waals surface area (Å²) in [5.74, 6) is 5.05. The van der Waals surface area contributed by atoms with Gasteiger partial charge >= 0.3 is 0 Å². The van der Waals surface area contributed by atoms with Crippen molar-refractivity contribution in [2.75, 3.05) is 33.7 Å². The third kappa shape index (κ3) is 4.27. The molecule has 0 bridgehead atoms. The van der Waals surface area contributed by atoms with Crippen molar-refractivity contribution in [3.8, 4) is 0 Å². The van der Waals surface area contributed by atoms with Crippen molar-refractivity contribution in [2.24, 2.45) is 5.84 Å². The van der Waals surface area contributed by atoms with Crippen LogP contribution in [0.15, 0.2) is 30.3 Å². The Hall–Kier alpha value is -1.43. The summed E-state index contributed by atoms with van der Waals surface area (Å²) in [4.78, 5) is 16.8. The highest BCUT2D eigenvalue weighted by molar-refractivity contribution is 5.83. The summed E-state index contributed by atoms with van der Waals surface area (Å²) in [5.41, 5.74) is 3.34. The van der Waals surface area contributed by atoms with Gasteiger partial charge in [-0.3, -0.25) is 15.1 Å². The molecule has 1 aromatic carbocycles. The minimum atomic E-state index is -0.209. The zero-order valence-electron chi connectivity index (χ0n) is 13.0. The first-order valence-corrected chi connectivity index (χ1v) is 7.56. The lowest BCUT2D eigenvalue weighted by Crippen LogP contribution is -2.44. The van der Waals surface area contributed by atoms with Gasteiger partial charge < -0.3 is 4.90 Å². The second-order valence-electron chi connectivity index (χ2n) is 6.03. The second-order valence-corrected chi connectivity index (χ2v) is 6.03. The smallest absolute Gasteiger partial charge is 0.242 e. The van der Waals surface area contributed by atoms with E-state index >= 15 is 0 Å². The number of rotatable bonds is 6. The molecular formula is C16H26N4O. The average molecular weight is 290 g/mol. The number of nitrogens with zero attached hydrogens (tertiary/aromatic N) is 2. The maximum Gasteiger partial charge on any atom is 0.242 e. The Labute approximate surface area is 127 Å². The predicted octanol–water partition coefficient (Wildman–Crippen LogP) is 0.786. The molecule has 0 saturated carbocycles. The van der Waals surface area contributed by atoms with Gasteiger partial charge in [0.05, 0.1) is 5.92 Å². The van der Waals surface area contributed by atoms with Crippen molar-refractivity contribution >= 4 is 5.91 Å². The van der Waals surface area contributed by atoms with Gasteiger partial charge in [-0.2, -0.15) is 0 Å². The van der Waals surface area contributed by atoms with Gasteiger partial charge in [-0.05, 0) is 39.0 Å². The van der Waals surface area contributed by atoms with E-state index in [-0.39, 0.29) is 11.8 Å². The Morgan fingerprint density at radius 1 is 1.43 bits per heavy atom. The maximum atomic E-state index is 12.2. The molecule has 1 amide bonds. The molecule has 116 valence electrons. The van der Waals surface area contributed by atoms with Crippen molar-refractivity contribution in [3.63, 3.8) is 0 Å². The van der Waals surface area contributed by atoms with Crippen LogP contribution < -0.4 is 11.3 Å². The molecule has 2 rings (SSSR count). The Morgan fingerprint density at radius 2 is 2.14 bits per heavy atom. The number of nitrogens with two attached hydrogens (primary N) is 1. The zero-order chi connectivity index (χ0) is 15.2. The van der Waals surface area contributed by atoms with Gasteiger partial charge in [0.1, 0.15) is 0 Å². The van der Waals surface area contributed by atoms with Crippen molar-refractivity contribution in [3.05, 3.63) is 35.9 Å². The standard InChI is InChI=1S/C16H26N4O/c1-19(2)11-14-9-6-10-20(14)12-15(16(21)18-17)13-7-4-3-5-8-13/h3-5,7-8,14-15H,6,9-12,17H2,1-2H3,(H,18,21). The molecule has 3 N–H and O–H groups in total. The largest absolute Gasteiger partial charge is 0.308 e.